The van der Waals surface area contributed by atoms with Gasteiger partial charge in [-0.25, -0.2) is 24.6 Å². The Kier molecular flexibility index (Phi) is 15.4. The molecule has 0 amide bonds. The first-order valence-electron chi connectivity index (χ1n) is 16.7. The van der Waals surface area contributed by atoms with E-state index in [0.717, 1.165) is 36.6 Å². The number of benzene rings is 1. The second-order valence-electron chi connectivity index (χ2n) is 12.6. The largest absolute Gasteiger partial charge is 0.269 e. The summed E-state index contributed by atoms with van der Waals surface area (Å²) in [6, 6.07) is 38.6. The smallest absolute Gasteiger partial charge is 0.268 e. The summed E-state index contributed by atoms with van der Waals surface area (Å²) in [5.41, 5.74) is 4.24. The molecule has 7 rings (SSSR count). The Labute approximate surface area is 349 Å². The quantitative estimate of drug-likeness (QED) is 0.0955. The van der Waals surface area contributed by atoms with Gasteiger partial charge in [-0.2, -0.15) is 20.7 Å². The zero-order valence-corrected chi connectivity index (χ0v) is 35.3. The van der Waals surface area contributed by atoms with Gasteiger partial charge in [-0.1, -0.05) is 42.5 Å². The van der Waals surface area contributed by atoms with Crippen molar-refractivity contribution in [3.05, 3.63) is 186 Å². The van der Waals surface area contributed by atoms with Gasteiger partial charge in [-0.15, -0.1) is 0 Å². The number of pyridine rings is 4. The summed E-state index contributed by atoms with van der Waals surface area (Å²) in [7, 11) is 0. The molecule has 0 saturated heterocycles. The predicted molar refractivity (Wildman–Crippen MR) is 223 cm³/mol. The van der Waals surface area contributed by atoms with E-state index in [1.807, 2.05) is 84.9 Å². The highest BCUT2D eigenvalue weighted by molar-refractivity contribution is 9.11. The average molecular weight is 940 g/mol. The van der Waals surface area contributed by atoms with Gasteiger partial charge in [0, 0.05) is 29.2 Å². The molecular weight excluding hydrogens is 906 g/mol. The fourth-order valence-electron chi connectivity index (χ4n) is 4.81. The lowest BCUT2D eigenvalue weighted by molar-refractivity contribution is -0.384. The fraction of sp³-hybridized carbons (Fsp3) is 0.150. The van der Waals surface area contributed by atoms with E-state index >= 15 is 0 Å². The van der Waals surface area contributed by atoms with Crippen LogP contribution in [0.4, 0.5) is 5.69 Å². The molecule has 1 N–H and O–H groups in total. The molecule has 16 heteroatoms. The third-order valence-electron chi connectivity index (χ3n) is 7.97. The Hall–Kier alpha value is -5.94. The van der Waals surface area contributed by atoms with Crippen LogP contribution < -0.4 is 0 Å². The number of aromatic amines is 1. The molecule has 0 saturated carbocycles. The van der Waals surface area contributed by atoms with Crippen LogP contribution in [-0.4, -0.2) is 44.8 Å². The standard InChI is InChI=1S/C17H14BrN5.C13H12Br2N2.C6H5NO2.C4H3N3/c1-17(2,13-5-3-7-15(18)20-13)14-6-4-8-16(21-14)23-10-9-12(11-19)22-23;1-13(2,9-5-3-7-11(14)16-9)10-6-4-8-12(15)17-10;8-7(9)6-4-2-1-3-5-6;5-3-4-1-2-6-7-4/h3-10H,1-2H3;3-8H,1-2H3;1-5H;1-2H,(H,6,7). The van der Waals surface area contributed by atoms with Crippen molar-refractivity contribution < 1.29 is 4.92 Å². The average Bonchev–Trinajstić information content (AvgIpc) is 3.93. The van der Waals surface area contributed by atoms with E-state index in [-0.39, 0.29) is 16.5 Å². The fourth-order valence-corrected chi connectivity index (χ4v) is 5.84. The topological polar surface area (TPSA) is 189 Å². The van der Waals surface area contributed by atoms with E-state index in [2.05, 4.69) is 106 Å². The van der Waals surface area contributed by atoms with Crippen molar-refractivity contribution in [1.82, 2.24) is 39.9 Å². The number of H-pyrrole nitrogens is 1. The van der Waals surface area contributed by atoms with E-state index in [1.54, 1.807) is 47.4 Å². The molecule has 56 heavy (non-hydrogen) atoms. The molecule has 0 aliphatic carbocycles. The minimum Gasteiger partial charge on any atom is -0.268 e. The first kappa shape index (κ1) is 42.8. The van der Waals surface area contributed by atoms with Crippen LogP contribution >= 0.6 is 47.8 Å². The van der Waals surface area contributed by atoms with Gasteiger partial charge in [0.1, 0.15) is 31.6 Å². The molecule has 282 valence electrons. The summed E-state index contributed by atoms with van der Waals surface area (Å²) >= 11 is 10.2. The summed E-state index contributed by atoms with van der Waals surface area (Å²) in [5, 5.41) is 37.2. The summed E-state index contributed by atoms with van der Waals surface area (Å²) in [6.45, 7) is 8.41. The third kappa shape index (κ3) is 12.0. The van der Waals surface area contributed by atoms with Gasteiger partial charge in [-0.05, 0) is 136 Å². The van der Waals surface area contributed by atoms with Crippen LogP contribution in [0, 0.1) is 32.8 Å². The minimum absolute atomic E-state index is 0.137. The molecule has 0 unspecified atom stereocenters. The van der Waals surface area contributed by atoms with Gasteiger partial charge < -0.3 is 0 Å². The number of para-hydroxylation sites is 1. The second kappa shape index (κ2) is 20.1. The number of nitriles is 2. The number of nitrogens with one attached hydrogen (secondary N) is 1. The number of nitro benzene ring substituents is 1. The Morgan fingerprint density at radius 3 is 1.48 bits per heavy atom. The number of rotatable bonds is 6. The molecule has 7 aromatic rings. The lowest BCUT2D eigenvalue weighted by Crippen LogP contribution is -2.22. The van der Waals surface area contributed by atoms with Gasteiger partial charge in [0.25, 0.3) is 5.69 Å². The van der Waals surface area contributed by atoms with Crippen molar-refractivity contribution in [1.29, 1.82) is 10.5 Å². The predicted octanol–water partition coefficient (Wildman–Crippen LogP) is 9.83. The maximum absolute atomic E-state index is 10.0. The Balaban J connectivity index is 0.000000183. The molecule has 13 nitrogen and oxygen atoms in total. The van der Waals surface area contributed by atoms with E-state index in [9.17, 15) is 10.1 Å². The summed E-state index contributed by atoms with van der Waals surface area (Å²) in [5.74, 6) is 0.673. The zero-order valence-electron chi connectivity index (χ0n) is 30.5. The monoisotopic (exact) mass is 937 g/mol. The first-order chi connectivity index (χ1) is 26.7. The molecule has 0 spiro atoms. The van der Waals surface area contributed by atoms with E-state index in [1.165, 1.54) is 12.1 Å². The second-order valence-corrected chi connectivity index (χ2v) is 15.0. The molecule has 6 heterocycles. The summed E-state index contributed by atoms with van der Waals surface area (Å²) < 4.78 is 4.09. The summed E-state index contributed by atoms with van der Waals surface area (Å²) in [4.78, 5) is 27.9. The number of nitro groups is 1. The van der Waals surface area contributed by atoms with E-state index in [0.29, 0.717) is 17.2 Å². The van der Waals surface area contributed by atoms with Crippen LogP contribution in [-0.2, 0) is 10.8 Å². The highest BCUT2D eigenvalue weighted by Crippen LogP contribution is 2.31. The van der Waals surface area contributed by atoms with Crippen LogP contribution in [0.5, 0.6) is 0 Å². The van der Waals surface area contributed by atoms with Crippen LogP contribution in [0.2, 0.25) is 0 Å². The Bertz CT molecular complexity index is 2390. The maximum Gasteiger partial charge on any atom is 0.269 e. The highest BCUT2D eigenvalue weighted by Gasteiger charge is 2.28. The van der Waals surface area contributed by atoms with Crippen molar-refractivity contribution in [3.63, 3.8) is 0 Å². The molecule has 0 aliphatic heterocycles. The maximum atomic E-state index is 10.0. The van der Waals surface area contributed by atoms with Crippen molar-refractivity contribution in [2.24, 2.45) is 0 Å². The number of nitrogens with zero attached hydrogens (tertiary/aromatic N) is 10. The van der Waals surface area contributed by atoms with Crippen molar-refractivity contribution in [2.75, 3.05) is 0 Å². The van der Waals surface area contributed by atoms with E-state index < -0.39 is 4.92 Å². The number of hydrogen-bond acceptors (Lipinski definition) is 10. The van der Waals surface area contributed by atoms with Gasteiger partial charge in [0.15, 0.2) is 11.5 Å². The van der Waals surface area contributed by atoms with Crippen molar-refractivity contribution >= 4 is 53.5 Å². The number of non-ortho nitro benzene ring substituents is 1. The lowest BCUT2D eigenvalue weighted by atomic mass is 9.84. The van der Waals surface area contributed by atoms with Crippen molar-refractivity contribution in [2.45, 2.75) is 38.5 Å². The molecule has 0 fully saturated rings. The minimum atomic E-state index is -0.417. The molecule has 0 radical (unpaired) electrons. The third-order valence-corrected chi connectivity index (χ3v) is 9.29. The van der Waals surface area contributed by atoms with Crippen LogP contribution in [0.1, 0.15) is 61.9 Å². The molecule has 0 atom stereocenters. The van der Waals surface area contributed by atoms with E-state index in [4.69, 9.17) is 15.5 Å². The van der Waals surface area contributed by atoms with Gasteiger partial charge in [-0.3, -0.25) is 15.2 Å². The number of hydrogen-bond donors (Lipinski definition) is 1. The molecule has 0 bridgehead atoms. The van der Waals surface area contributed by atoms with Gasteiger partial charge >= 0.3 is 0 Å². The SMILES string of the molecule is CC(C)(c1cccc(Br)n1)c1cccc(-n2ccc(C#N)n2)n1.CC(C)(c1cccc(Br)n1)c1cccc(Br)n1.N#Cc1ccn[nH]1.O=[N+]([O-])c1ccccc1. The van der Waals surface area contributed by atoms with Crippen molar-refractivity contribution in [3.8, 4) is 18.0 Å². The number of aromatic nitrogens is 8. The molecule has 0 aliphatic rings. The van der Waals surface area contributed by atoms with Gasteiger partial charge in [0.05, 0.1) is 33.9 Å². The Morgan fingerprint density at radius 2 is 1.12 bits per heavy atom. The molecular formula is C40H34Br3N11O2. The number of halogens is 3. The summed E-state index contributed by atoms with van der Waals surface area (Å²) in [6.07, 6.45) is 3.27. The Morgan fingerprint density at radius 1 is 0.643 bits per heavy atom. The normalized spacial score (nSPS) is 10.5. The lowest BCUT2D eigenvalue weighted by Gasteiger charge is -2.24. The van der Waals surface area contributed by atoms with Crippen LogP contribution in [0.25, 0.3) is 5.82 Å². The zero-order chi connectivity index (χ0) is 40.7. The van der Waals surface area contributed by atoms with Gasteiger partial charge in [0.2, 0.25) is 0 Å². The molecule has 6 aromatic heterocycles. The first-order valence-corrected chi connectivity index (χ1v) is 19.0. The molecule has 1 aromatic carbocycles. The highest BCUT2D eigenvalue weighted by atomic mass is 79.9. The van der Waals surface area contributed by atoms with Crippen LogP contribution in [0.15, 0.2) is 141 Å². The van der Waals surface area contributed by atoms with Crippen LogP contribution in [0.3, 0.4) is 0 Å².